The molecule has 1 aromatic heterocycles. The summed E-state index contributed by atoms with van der Waals surface area (Å²) >= 11 is 1.55. The van der Waals surface area contributed by atoms with Gasteiger partial charge in [-0.25, -0.2) is 8.42 Å². The van der Waals surface area contributed by atoms with Crippen molar-refractivity contribution in [3.8, 4) is 0 Å². The number of nitrogens with one attached hydrogen (secondary N) is 1. The number of nitrogens with zero attached hydrogens (tertiary/aromatic N) is 1. The van der Waals surface area contributed by atoms with Crippen LogP contribution in [0.3, 0.4) is 0 Å². The largest absolute Gasteiger partial charge is 0.312 e. The molecule has 116 valence electrons. The van der Waals surface area contributed by atoms with Crippen molar-refractivity contribution in [2.75, 3.05) is 13.6 Å². The van der Waals surface area contributed by atoms with Gasteiger partial charge in [-0.3, -0.25) is 0 Å². The van der Waals surface area contributed by atoms with E-state index in [1.54, 1.807) is 24.5 Å². The molecule has 0 unspecified atom stereocenters. The Hall–Kier alpha value is -0.430. The molecule has 0 saturated carbocycles. The molecule has 6 heteroatoms. The van der Waals surface area contributed by atoms with Crippen LogP contribution in [-0.4, -0.2) is 31.9 Å². The van der Waals surface area contributed by atoms with Crippen molar-refractivity contribution in [2.45, 2.75) is 58.0 Å². The Kier molecular flexibility index (Phi) is 5.78. The minimum Gasteiger partial charge on any atom is -0.312 e. The Morgan fingerprint density at radius 3 is 2.45 bits per heavy atom. The second-order valence-corrected chi connectivity index (χ2v) is 8.83. The van der Waals surface area contributed by atoms with Gasteiger partial charge in [-0.15, -0.1) is 11.3 Å². The van der Waals surface area contributed by atoms with Gasteiger partial charge >= 0.3 is 0 Å². The summed E-state index contributed by atoms with van der Waals surface area (Å²) in [5.41, 5.74) is -0.380. The molecule has 0 amide bonds. The third kappa shape index (κ3) is 3.61. The average Bonchev–Trinajstić information content (AvgIpc) is 2.77. The van der Waals surface area contributed by atoms with E-state index in [0.717, 1.165) is 29.3 Å². The fraction of sp³-hybridized carbons (Fsp3) is 0.714. The van der Waals surface area contributed by atoms with E-state index in [1.807, 2.05) is 34.6 Å². The van der Waals surface area contributed by atoms with E-state index >= 15 is 0 Å². The maximum Gasteiger partial charge on any atom is 0.244 e. The van der Waals surface area contributed by atoms with Crippen LogP contribution in [-0.2, 0) is 16.6 Å². The first-order chi connectivity index (χ1) is 9.16. The van der Waals surface area contributed by atoms with E-state index in [-0.39, 0.29) is 5.54 Å². The molecule has 0 radical (unpaired) electrons. The van der Waals surface area contributed by atoms with Crippen LogP contribution >= 0.6 is 11.3 Å². The molecule has 0 aliphatic carbocycles. The SMILES string of the molecule is CCNCc1cc(S(=O)(=O)N(C)C(C)(C)CC)c(C)s1. The summed E-state index contributed by atoms with van der Waals surface area (Å²) in [7, 11) is -1.76. The molecule has 0 fully saturated rings. The molecular weight excluding hydrogens is 292 g/mol. The number of hydrogen-bond acceptors (Lipinski definition) is 4. The first-order valence-electron chi connectivity index (χ1n) is 6.95. The molecule has 0 aliphatic heterocycles. The normalized spacial score (nSPS) is 13.2. The highest BCUT2D eigenvalue weighted by atomic mass is 32.2. The summed E-state index contributed by atoms with van der Waals surface area (Å²) in [4.78, 5) is 2.36. The average molecular weight is 319 g/mol. The summed E-state index contributed by atoms with van der Waals surface area (Å²) in [6.45, 7) is 11.4. The fourth-order valence-corrected chi connectivity index (χ4v) is 4.96. The molecule has 1 rings (SSSR count). The fourth-order valence-electron chi connectivity index (χ4n) is 1.81. The lowest BCUT2D eigenvalue weighted by molar-refractivity contribution is 0.257. The van der Waals surface area contributed by atoms with Gasteiger partial charge in [-0.05, 0) is 39.8 Å². The minimum atomic E-state index is -3.43. The predicted molar refractivity (Wildman–Crippen MR) is 85.8 cm³/mol. The zero-order chi connectivity index (χ0) is 15.6. The summed E-state index contributed by atoms with van der Waals surface area (Å²) in [6, 6.07) is 1.81. The van der Waals surface area contributed by atoms with Gasteiger partial charge in [0.05, 0.1) is 4.90 Å². The maximum absolute atomic E-state index is 12.8. The first-order valence-corrected chi connectivity index (χ1v) is 9.21. The number of aryl methyl sites for hydroxylation is 1. The Balaban J connectivity index is 3.13. The molecular formula is C14H26N2O2S2. The molecule has 4 nitrogen and oxygen atoms in total. The number of hydrogen-bond donors (Lipinski definition) is 1. The van der Waals surface area contributed by atoms with Gasteiger partial charge in [0.25, 0.3) is 0 Å². The molecule has 0 atom stereocenters. The molecule has 0 bridgehead atoms. The Bertz CT molecular complexity index is 548. The van der Waals surface area contributed by atoms with E-state index in [1.165, 1.54) is 4.31 Å². The Morgan fingerprint density at radius 2 is 1.95 bits per heavy atom. The lowest BCUT2D eigenvalue weighted by Crippen LogP contribution is -2.44. The minimum absolute atomic E-state index is 0.380. The van der Waals surface area contributed by atoms with Gasteiger partial charge in [-0.2, -0.15) is 4.31 Å². The van der Waals surface area contributed by atoms with Crippen LogP contribution in [0.1, 0.15) is 43.9 Å². The summed E-state index contributed by atoms with van der Waals surface area (Å²) in [5, 5.41) is 3.23. The summed E-state index contributed by atoms with van der Waals surface area (Å²) < 4.78 is 27.0. The van der Waals surface area contributed by atoms with E-state index in [0.29, 0.717) is 4.90 Å². The molecule has 1 aromatic rings. The summed E-state index contributed by atoms with van der Waals surface area (Å²) in [6.07, 6.45) is 0.774. The van der Waals surface area contributed by atoms with Crippen LogP contribution in [0.2, 0.25) is 0 Å². The van der Waals surface area contributed by atoms with Crippen LogP contribution in [0.4, 0.5) is 0 Å². The quantitative estimate of drug-likeness (QED) is 0.841. The molecule has 0 aromatic carbocycles. The van der Waals surface area contributed by atoms with E-state index in [4.69, 9.17) is 0 Å². The van der Waals surface area contributed by atoms with E-state index in [2.05, 4.69) is 5.32 Å². The molecule has 1 N–H and O–H groups in total. The van der Waals surface area contributed by atoms with Crippen molar-refractivity contribution < 1.29 is 8.42 Å². The third-order valence-corrected chi connectivity index (χ3v) is 7.20. The number of sulfonamides is 1. The Morgan fingerprint density at radius 1 is 1.35 bits per heavy atom. The monoisotopic (exact) mass is 318 g/mol. The molecule has 1 heterocycles. The van der Waals surface area contributed by atoms with Gasteiger partial charge < -0.3 is 5.32 Å². The highest BCUT2D eigenvalue weighted by Gasteiger charge is 2.34. The van der Waals surface area contributed by atoms with Crippen molar-refractivity contribution in [3.05, 3.63) is 15.8 Å². The van der Waals surface area contributed by atoms with Crippen LogP contribution in [0.15, 0.2) is 11.0 Å². The second-order valence-electron chi connectivity index (χ2n) is 5.55. The van der Waals surface area contributed by atoms with Crippen LogP contribution in [0.5, 0.6) is 0 Å². The predicted octanol–water partition coefficient (Wildman–Crippen LogP) is 2.98. The van der Waals surface area contributed by atoms with Crippen molar-refractivity contribution in [1.82, 2.24) is 9.62 Å². The van der Waals surface area contributed by atoms with Crippen molar-refractivity contribution in [2.24, 2.45) is 0 Å². The highest BCUT2D eigenvalue weighted by molar-refractivity contribution is 7.89. The van der Waals surface area contributed by atoms with Crippen molar-refractivity contribution >= 4 is 21.4 Å². The van der Waals surface area contributed by atoms with Gasteiger partial charge in [0.1, 0.15) is 0 Å². The second kappa shape index (κ2) is 6.56. The molecule has 0 saturated heterocycles. The van der Waals surface area contributed by atoms with Gasteiger partial charge in [0.15, 0.2) is 0 Å². The van der Waals surface area contributed by atoms with E-state index in [9.17, 15) is 8.42 Å². The smallest absolute Gasteiger partial charge is 0.244 e. The van der Waals surface area contributed by atoms with Crippen LogP contribution < -0.4 is 5.32 Å². The number of rotatable bonds is 7. The van der Waals surface area contributed by atoms with Crippen molar-refractivity contribution in [3.63, 3.8) is 0 Å². The van der Waals surface area contributed by atoms with E-state index < -0.39 is 10.0 Å². The van der Waals surface area contributed by atoms with Crippen LogP contribution in [0.25, 0.3) is 0 Å². The van der Waals surface area contributed by atoms with Crippen molar-refractivity contribution in [1.29, 1.82) is 0 Å². The zero-order valence-corrected chi connectivity index (χ0v) is 14.9. The maximum atomic E-state index is 12.8. The molecule has 0 aliphatic rings. The molecule has 0 spiro atoms. The zero-order valence-electron chi connectivity index (χ0n) is 13.3. The lowest BCUT2D eigenvalue weighted by Gasteiger charge is -2.33. The molecule has 20 heavy (non-hydrogen) atoms. The Labute approximate surface area is 127 Å². The van der Waals surface area contributed by atoms with Gasteiger partial charge in [0.2, 0.25) is 10.0 Å². The topological polar surface area (TPSA) is 49.4 Å². The third-order valence-electron chi connectivity index (χ3n) is 3.83. The number of thiophene rings is 1. The summed E-state index contributed by atoms with van der Waals surface area (Å²) in [5.74, 6) is 0. The standard InChI is InChI=1S/C14H26N2O2S2/c1-7-14(4,5)16(6)20(17,18)13-9-12(10-15-8-2)19-11(13)3/h9,15H,7-8,10H2,1-6H3. The van der Waals surface area contributed by atoms with Crippen LogP contribution in [0, 0.1) is 6.92 Å². The van der Waals surface area contributed by atoms with Gasteiger partial charge in [-0.1, -0.05) is 13.8 Å². The van der Waals surface area contributed by atoms with Gasteiger partial charge in [0, 0.05) is 28.9 Å². The lowest BCUT2D eigenvalue weighted by atomic mass is 10.0. The highest BCUT2D eigenvalue weighted by Crippen LogP contribution is 2.31. The first kappa shape index (κ1) is 17.6.